The summed E-state index contributed by atoms with van der Waals surface area (Å²) >= 11 is 0. The van der Waals surface area contributed by atoms with Crippen molar-refractivity contribution in [2.75, 3.05) is 18.5 Å². The minimum absolute atomic E-state index is 0.0240. The van der Waals surface area contributed by atoms with Gasteiger partial charge in [0.15, 0.2) is 5.75 Å². The molecule has 0 saturated carbocycles. The third-order valence-corrected chi connectivity index (χ3v) is 2.80. The number of likely N-dealkylation sites (N-methyl/N-ethyl adjacent to an activating group) is 1. The van der Waals surface area contributed by atoms with Gasteiger partial charge in [0, 0.05) is 12.6 Å². The number of ether oxygens (including phenoxy) is 1. The molecule has 0 spiro atoms. The smallest absolute Gasteiger partial charge is 0.331 e. The van der Waals surface area contributed by atoms with Gasteiger partial charge in [-0.3, -0.25) is 0 Å². The quantitative estimate of drug-likeness (QED) is 0.495. The highest BCUT2D eigenvalue weighted by Crippen LogP contribution is 2.40. The van der Waals surface area contributed by atoms with E-state index >= 15 is 0 Å². The molecule has 0 saturated heterocycles. The number of hydrogen-bond acceptors (Lipinski definition) is 3. The first-order valence-corrected chi connectivity index (χ1v) is 5.45. The summed E-state index contributed by atoms with van der Waals surface area (Å²) in [6, 6.07) is 6.01. The van der Waals surface area contributed by atoms with Crippen LogP contribution in [0, 0.1) is 0 Å². The molecule has 0 aromatic heterocycles. The molecule has 1 aromatic carbocycles. The Morgan fingerprint density at radius 3 is 2.62 bits per heavy atom. The summed E-state index contributed by atoms with van der Waals surface area (Å²) in [7, 11) is 1.91. The zero-order chi connectivity index (χ0) is 11.9. The fourth-order valence-corrected chi connectivity index (χ4v) is 1.95. The second-order valence-corrected chi connectivity index (χ2v) is 5.23. The summed E-state index contributed by atoms with van der Waals surface area (Å²) in [5.41, 5.74) is 2.04. The standard InChI is InChI=1S/C13H17NO2/c1-13(2,3)9-6-5-7-10-12(9)16-11(15)8-14(10)4/h5-7H,8H2,1-4H3. The molecule has 2 rings (SSSR count). The van der Waals surface area contributed by atoms with Crippen molar-refractivity contribution >= 4 is 11.7 Å². The average molecular weight is 219 g/mol. The molecular weight excluding hydrogens is 202 g/mol. The van der Waals surface area contributed by atoms with E-state index in [2.05, 4.69) is 20.8 Å². The molecule has 86 valence electrons. The predicted molar refractivity (Wildman–Crippen MR) is 64.0 cm³/mol. The highest BCUT2D eigenvalue weighted by molar-refractivity contribution is 5.85. The first kappa shape index (κ1) is 11.0. The Labute approximate surface area is 96.0 Å². The van der Waals surface area contributed by atoms with Crippen LogP contribution in [0.5, 0.6) is 5.75 Å². The molecule has 3 heteroatoms. The first-order chi connectivity index (χ1) is 7.39. The molecule has 1 aromatic rings. The highest BCUT2D eigenvalue weighted by atomic mass is 16.5. The lowest BCUT2D eigenvalue weighted by atomic mass is 9.85. The molecule has 3 nitrogen and oxygen atoms in total. The number of para-hydroxylation sites is 1. The molecule has 0 amide bonds. The van der Waals surface area contributed by atoms with Crippen molar-refractivity contribution in [3.63, 3.8) is 0 Å². The van der Waals surface area contributed by atoms with Gasteiger partial charge in [0.2, 0.25) is 0 Å². The summed E-state index contributed by atoms with van der Waals surface area (Å²) < 4.78 is 5.38. The molecule has 1 heterocycles. The largest absolute Gasteiger partial charge is 0.423 e. The number of esters is 1. The van der Waals surface area contributed by atoms with E-state index < -0.39 is 0 Å². The fraction of sp³-hybridized carbons (Fsp3) is 0.462. The summed E-state index contributed by atoms with van der Waals surface area (Å²) in [6.07, 6.45) is 0. The number of nitrogens with zero attached hydrogens (tertiary/aromatic N) is 1. The second kappa shape index (κ2) is 3.51. The lowest BCUT2D eigenvalue weighted by Gasteiger charge is -2.31. The van der Waals surface area contributed by atoms with Crippen LogP contribution < -0.4 is 9.64 Å². The molecule has 16 heavy (non-hydrogen) atoms. The Balaban J connectivity index is 2.59. The molecule has 1 aliphatic rings. The zero-order valence-electron chi connectivity index (χ0n) is 10.2. The lowest BCUT2D eigenvalue weighted by Crippen LogP contribution is -2.34. The monoisotopic (exact) mass is 219 g/mol. The zero-order valence-corrected chi connectivity index (χ0v) is 10.2. The summed E-state index contributed by atoms with van der Waals surface area (Å²) in [6.45, 7) is 6.67. The van der Waals surface area contributed by atoms with Gasteiger partial charge in [0.05, 0.1) is 5.69 Å². The van der Waals surface area contributed by atoms with Crippen molar-refractivity contribution < 1.29 is 9.53 Å². The van der Waals surface area contributed by atoms with Crippen molar-refractivity contribution in [2.24, 2.45) is 0 Å². The van der Waals surface area contributed by atoms with Crippen LogP contribution in [-0.4, -0.2) is 19.6 Å². The van der Waals surface area contributed by atoms with Gasteiger partial charge >= 0.3 is 5.97 Å². The van der Waals surface area contributed by atoms with Gasteiger partial charge in [0.1, 0.15) is 6.54 Å². The van der Waals surface area contributed by atoms with Gasteiger partial charge in [-0.25, -0.2) is 4.79 Å². The Morgan fingerprint density at radius 2 is 2.00 bits per heavy atom. The minimum Gasteiger partial charge on any atom is -0.423 e. The van der Waals surface area contributed by atoms with Crippen molar-refractivity contribution in [2.45, 2.75) is 26.2 Å². The summed E-state index contributed by atoms with van der Waals surface area (Å²) in [5, 5.41) is 0. The molecular formula is C13H17NO2. The van der Waals surface area contributed by atoms with E-state index in [0.29, 0.717) is 12.3 Å². The molecule has 1 aliphatic heterocycles. The summed E-state index contributed by atoms with van der Waals surface area (Å²) in [4.78, 5) is 13.4. The SMILES string of the molecule is CN1CC(=O)Oc2c1cccc2C(C)(C)C. The van der Waals surface area contributed by atoms with E-state index in [1.165, 1.54) is 0 Å². The maximum absolute atomic E-state index is 11.5. The number of rotatable bonds is 0. The van der Waals surface area contributed by atoms with Crippen LogP contribution in [0.2, 0.25) is 0 Å². The van der Waals surface area contributed by atoms with E-state index in [9.17, 15) is 4.79 Å². The van der Waals surface area contributed by atoms with E-state index in [-0.39, 0.29) is 11.4 Å². The number of carbonyl (C=O) groups is 1. The van der Waals surface area contributed by atoms with Crippen molar-refractivity contribution in [1.82, 2.24) is 0 Å². The number of hydrogen-bond donors (Lipinski definition) is 0. The maximum atomic E-state index is 11.5. The normalized spacial score (nSPS) is 15.8. The Kier molecular flexibility index (Phi) is 2.41. The van der Waals surface area contributed by atoms with Gasteiger partial charge in [-0.2, -0.15) is 0 Å². The minimum atomic E-state index is -0.188. The van der Waals surface area contributed by atoms with Crippen LogP contribution in [0.1, 0.15) is 26.3 Å². The van der Waals surface area contributed by atoms with Gasteiger partial charge in [0.25, 0.3) is 0 Å². The maximum Gasteiger partial charge on any atom is 0.331 e. The average Bonchev–Trinajstić information content (AvgIpc) is 2.15. The van der Waals surface area contributed by atoms with Gasteiger partial charge in [-0.05, 0) is 11.5 Å². The van der Waals surface area contributed by atoms with Crippen molar-refractivity contribution in [3.8, 4) is 5.75 Å². The molecule has 0 unspecified atom stereocenters. The van der Waals surface area contributed by atoms with Crippen molar-refractivity contribution in [1.29, 1.82) is 0 Å². The van der Waals surface area contributed by atoms with Crippen LogP contribution in [0.4, 0.5) is 5.69 Å². The van der Waals surface area contributed by atoms with E-state index in [1.54, 1.807) is 0 Å². The van der Waals surface area contributed by atoms with Gasteiger partial charge < -0.3 is 9.64 Å². The van der Waals surface area contributed by atoms with E-state index in [0.717, 1.165) is 11.3 Å². The number of carbonyl (C=O) groups excluding carboxylic acids is 1. The predicted octanol–water partition coefficient (Wildman–Crippen LogP) is 2.34. The highest BCUT2D eigenvalue weighted by Gasteiger charge is 2.28. The van der Waals surface area contributed by atoms with E-state index in [1.807, 2.05) is 30.1 Å². The first-order valence-electron chi connectivity index (χ1n) is 5.45. The van der Waals surface area contributed by atoms with Crippen LogP contribution in [-0.2, 0) is 10.2 Å². The third-order valence-electron chi connectivity index (χ3n) is 2.80. The molecule has 0 bridgehead atoms. The second-order valence-electron chi connectivity index (χ2n) is 5.23. The number of benzene rings is 1. The van der Waals surface area contributed by atoms with Crippen LogP contribution in [0.3, 0.4) is 0 Å². The van der Waals surface area contributed by atoms with Gasteiger partial charge in [-0.15, -0.1) is 0 Å². The van der Waals surface area contributed by atoms with Crippen LogP contribution >= 0.6 is 0 Å². The Hall–Kier alpha value is -1.51. The lowest BCUT2D eigenvalue weighted by molar-refractivity contribution is -0.133. The number of fused-ring (bicyclic) bond motifs is 1. The molecule has 0 aliphatic carbocycles. The molecule has 0 atom stereocenters. The Morgan fingerprint density at radius 1 is 1.31 bits per heavy atom. The molecule has 0 radical (unpaired) electrons. The molecule has 0 N–H and O–H groups in total. The van der Waals surface area contributed by atoms with Crippen molar-refractivity contribution in [3.05, 3.63) is 23.8 Å². The fourth-order valence-electron chi connectivity index (χ4n) is 1.95. The third kappa shape index (κ3) is 1.77. The van der Waals surface area contributed by atoms with Crippen LogP contribution in [0.15, 0.2) is 18.2 Å². The van der Waals surface area contributed by atoms with Gasteiger partial charge in [-0.1, -0.05) is 32.9 Å². The topological polar surface area (TPSA) is 29.5 Å². The Bertz CT molecular complexity index is 432. The van der Waals surface area contributed by atoms with Crippen LogP contribution in [0.25, 0.3) is 0 Å². The summed E-state index contributed by atoms with van der Waals surface area (Å²) in [5.74, 6) is 0.528. The number of anilines is 1. The molecule has 0 fully saturated rings. The van der Waals surface area contributed by atoms with E-state index in [4.69, 9.17) is 4.74 Å².